The van der Waals surface area contributed by atoms with Gasteiger partial charge in [0.2, 0.25) is 0 Å². The van der Waals surface area contributed by atoms with Crippen molar-refractivity contribution in [3.8, 4) is 0 Å². The van der Waals surface area contributed by atoms with Gasteiger partial charge in [-0.25, -0.2) is 0 Å². The Morgan fingerprint density at radius 1 is 0.362 bits per heavy atom. The second-order valence-corrected chi connectivity index (χ2v) is 15.8. The van der Waals surface area contributed by atoms with Crippen molar-refractivity contribution >= 4 is 17.9 Å². The molecular formula is C52H88O6. The maximum absolute atomic E-state index is 12.7. The summed E-state index contributed by atoms with van der Waals surface area (Å²) in [6, 6.07) is 0. The Morgan fingerprint density at radius 2 is 0.690 bits per heavy atom. The molecule has 0 fully saturated rings. The third-order valence-electron chi connectivity index (χ3n) is 10.1. The van der Waals surface area contributed by atoms with E-state index in [4.69, 9.17) is 14.2 Å². The molecule has 0 aliphatic rings. The van der Waals surface area contributed by atoms with Gasteiger partial charge in [0.15, 0.2) is 6.10 Å². The van der Waals surface area contributed by atoms with Crippen molar-refractivity contribution < 1.29 is 28.6 Å². The molecule has 6 nitrogen and oxygen atoms in total. The average molecular weight is 809 g/mol. The van der Waals surface area contributed by atoms with Crippen molar-refractivity contribution in [2.75, 3.05) is 13.2 Å². The number of hydrogen-bond acceptors (Lipinski definition) is 6. The number of esters is 3. The summed E-state index contributed by atoms with van der Waals surface area (Å²) in [6.07, 6.45) is 57.4. The number of carbonyl (C=O) groups is 3. The molecule has 0 aliphatic carbocycles. The molecule has 0 amide bonds. The highest BCUT2D eigenvalue weighted by Gasteiger charge is 2.19. The zero-order valence-electron chi connectivity index (χ0n) is 37.8. The highest BCUT2D eigenvalue weighted by atomic mass is 16.6. The molecule has 0 radical (unpaired) electrons. The quantitative estimate of drug-likeness (QED) is 0.0201. The molecule has 58 heavy (non-hydrogen) atoms. The van der Waals surface area contributed by atoms with E-state index in [2.05, 4.69) is 45.1 Å². The van der Waals surface area contributed by atoms with Crippen molar-refractivity contribution in [1.29, 1.82) is 0 Å². The van der Waals surface area contributed by atoms with Crippen LogP contribution in [0.2, 0.25) is 0 Å². The minimum atomic E-state index is -0.797. The van der Waals surface area contributed by atoms with Crippen molar-refractivity contribution in [3.05, 3.63) is 72.9 Å². The Kier molecular flexibility index (Phi) is 44.0. The molecule has 6 heteroatoms. The van der Waals surface area contributed by atoms with Gasteiger partial charge < -0.3 is 14.2 Å². The molecule has 332 valence electrons. The van der Waals surface area contributed by atoms with E-state index in [-0.39, 0.29) is 31.1 Å². The van der Waals surface area contributed by atoms with Crippen molar-refractivity contribution in [3.63, 3.8) is 0 Å². The van der Waals surface area contributed by atoms with Crippen molar-refractivity contribution in [2.24, 2.45) is 0 Å². The van der Waals surface area contributed by atoms with Crippen LogP contribution in [0.1, 0.15) is 220 Å². The van der Waals surface area contributed by atoms with Gasteiger partial charge in [0.1, 0.15) is 13.2 Å². The summed E-state index contributed by atoms with van der Waals surface area (Å²) in [5.41, 5.74) is 0. The van der Waals surface area contributed by atoms with Crippen LogP contribution in [0.5, 0.6) is 0 Å². The van der Waals surface area contributed by atoms with Gasteiger partial charge in [0.05, 0.1) is 0 Å². The molecular weight excluding hydrogens is 721 g/mol. The lowest BCUT2D eigenvalue weighted by Gasteiger charge is -2.18. The first kappa shape index (κ1) is 54.9. The lowest BCUT2D eigenvalue weighted by Crippen LogP contribution is -2.30. The summed E-state index contributed by atoms with van der Waals surface area (Å²) in [4.78, 5) is 37.8. The van der Waals surface area contributed by atoms with Crippen LogP contribution in [-0.4, -0.2) is 37.2 Å². The van der Waals surface area contributed by atoms with Crippen molar-refractivity contribution in [1.82, 2.24) is 0 Å². The zero-order chi connectivity index (χ0) is 42.3. The molecule has 0 aliphatic heterocycles. The summed E-state index contributed by atoms with van der Waals surface area (Å²) in [6.45, 7) is 6.42. The molecule has 0 saturated heterocycles. The van der Waals surface area contributed by atoms with E-state index >= 15 is 0 Å². The van der Waals surface area contributed by atoms with Crippen LogP contribution in [0.4, 0.5) is 0 Å². The molecule has 0 aromatic heterocycles. The fourth-order valence-electron chi connectivity index (χ4n) is 6.46. The first-order chi connectivity index (χ1) is 28.5. The monoisotopic (exact) mass is 809 g/mol. The maximum Gasteiger partial charge on any atom is 0.306 e. The number of allylic oxidation sites excluding steroid dienone is 12. The van der Waals surface area contributed by atoms with E-state index in [9.17, 15) is 14.4 Å². The van der Waals surface area contributed by atoms with Crippen LogP contribution in [0, 0.1) is 0 Å². The second-order valence-electron chi connectivity index (χ2n) is 15.8. The van der Waals surface area contributed by atoms with Gasteiger partial charge in [-0.1, -0.05) is 209 Å². The molecule has 0 aromatic carbocycles. The van der Waals surface area contributed by atoms with Crippen LogP contribution in [0.15, 0.2) is 72.9 Å². The van der Waals surface area contributed by atoms with Crippen LogP contribution in [0.25, 0.3) is 0 Å². The van der Waals surface area contributed by atoms with Crippen LogP contribution in [0.3, 0.4) is 0 Å². The zero-order valence-corrected chi connectivity index (χ0v) is 37.8. The predicted molar refractivity (Wildman–Crippen MR) is 247 cm³/mol. The number of hydrogen-bond donors (Lipinski definition) is 0. The van der Waals surface area contributed by atoms with Crippen molar-refractivity contribution in [2.45, 2.75) is 226 Å². The molecule has 0 aromatic rings. The Balaban J connectivity index is 4.48. The predicted octanol–water partition coefficient (Wildman–Crippen LogP) is 15.5. The Bertz CT molecular complexity index is 1110. The Morgan fingerprint density at radius 3 is 1.12 bits per heavy atom. The van der Waals surface area contributed by atoms with Gasteiger partial charge in [0.25, 0.3) is 0 Å². The molecule has 1 atom stereocenters. The second kappa shape index (κ2) is 46.5. The first-order valence-electron chi connectivity index (χ1n) is 24.0. The SMILES string of the molecule is CC\C=C/C=C\C=C/C=C\C=C/CCCCCC(=O)OCC(COC(=O)CCCCCCCCCCCCCC)OC(=O)CCCCC/C=C\CCCCCCCC. The highest BCUT2D eigenvalue weighted by Crippen LogP contribution is 2.14. The van der Waals surface area contributed by atoms with Crippen LogP contribution < -0.4 is 0 Å². The minimum absolute atomic E-state index is 0.0942. The molecule has 0 rings (SSSR count). The molecule has 0 spiro atoms. The smallest absolute Gasteiger partial charge is 0.306 e. The normalized spacial score (nSPS) is 12.7. The van der Waals surface area contributed by atoms with Gasteiger partial charge in [-0.3, -0.25) is 14.4 Å². The maximum atomic E-state index is 12.7. The minimum Gasteiger partial charge on any atom is -0.462 e. The molecule has 1 unspecified atom stereocenters. The van der Waals surface area contributed by atoms with Crippen LogP contribution in [-0.2, 0) is 28.6 Å². The Hall–Kier alpha value is -3.15. The van der Waals surface area contributed by atoms with E-state index in [1.54, 1.807) is 0 Å². The molecule has 0 bridgehead atoms. The number of unbranched alkanes of at least 4 members (excludes halogenated alkanes) is 23. The lowest BCUT2D eigenvalue weighted by atomic mass is 10.0. The topological polar surface area (TPSA) is 78.9 Å². The van der Waals surface area contributed by atoms with Gasteiger partial charge in [-0.2, -0.15) is 0 Å². The van der Waals surface area contributed by atoms with Gasteiger partial charge in [-0.05, 0) is 64.2 Å². The van der Waals surface area contributed by atoms with E-state index in [1.165, 1.54) is 96.3 Å². The largest absolute Gasteiger partial charge is 0.462 e. The summed E-state index contributed by atoms with van der Waals surface area (Å²) >= 11 is 0. The standard InChI is InChI=1S/C52H88O6/c1-4-7-10-13-16-19-22-25-26-28-30-33-36-39-42-45-51(54)57-48-49(47-56-50(53)44-41-38-35-32-29-24-21-18-15-12-9-6-3)58-52(55)46-43-40-37-34-31-27-23-20-17-14-11-8-5-2/h7,10,13,16,19,22,25-28,30-31,49H,4-6,8-9,11-12,14-15,17-18,20-21,23-24,29,32-48H2,1-3H3/b10-7-,16-13-,22-19-,26-25-,30-28-,31-27-. The van der Waals surface area contributed by atoms with E-state index in [0.29, 0.717) is 19.3 Å². The Labute approximate surface area is 357 Å². The first-order valence-corrected chi connectivity index (χ1v) is 24.0. The van der Waals surface area contributed by atoms with E-state index in [0.717, 1.165) is 83.5 Å². The summed E-state index contributed by atoms with van der Waals surface area (Å²) in [5, 5.41) is 0. The summed E-state index contributed by atoms with van der Waals surface area (Å²) in [5.74, 6) is -0.956. The third kappa shape index (κ3) is 44.0. The number of ether oxygens (including phenoxy) is 3. The fourth-order valence-corrected chi connectivity index (χ4v) is 6.46. The van der Waals surface area contributed by atoms with E-state index < -0.39 is 6.10 Å². The summed E-state index contributed by atoms with van der Waals surface area (Å²) < 4.78 is 16.7. The van der Waals surface area contributed by atoms with E-state index in [1.807, 2.05) is 48.6 Å². The van der Waals surface area contributed by atoms with Crippen LogP contribution >= 0.6 is 0 Å². The molecule has 0 heterocycles. The third-order valence-corrected chi connectivity index (χ3v) is 10.1. The number of carbonyl (C=O) groups excluding carboxylic acids is 3. The van der Waals surface area contributed by atoms with Gasteiger partial charge in [-0.15, -0.1) is 0 Å². The average Bonchev–Trinajstić information content (AvgIpc) is 3.22. The lowest BCUT2D eigenvalue weighted by molar-refractivity contribution is -0.167. The molecule has 0 N–H and O–H groups in total. The fraction of sp³-hybridized carbons (Fsp3) is 0.712. The molecule has 0 saturated carbocycles. The van der Waals surface area contributed by atoms with Gasteiger partial charge in [0, 0.05) is 19.3 Å². The summed E-state index contributed by atoms with van der Waals surface area (Å²) in [7, 11) is 0. The highest BCUT2D eigenvalue weighted by molar-refractivity contribution is 5.71. The van der Waals surface area contributed by atoms with Gasteiger partial charge >= 0.3 is 17.9 Å². The number of rotatable bonds is 42.